The maximum absolute atomic E-state index is 12.1. The second-order valence-electron chi connectivity index (χ2n) is 10.2. The highest BCUT2D eigenvalue weighted by molar-refractivity contribution is 6.74. The lowest BCUT2D eigenvalue weighted by atomic mass is 10.1. The fraction of sp³-hybridized carbons (Fsp3) is 0.842. The largest absolute Gasteiger partial charge is 0.413 e. The van der Waals surface area contributed by atoms with Crippen LogP contribution in [0, 0.1) is 0 Å². The number of hydrogen-bond donors (Lipinski definition) is 0. The smallest absolute Gasteiger partial charge is 0.192 e. The normalized spacial score (nSPS) is 24.2. The van der Waals surface area contributed by atoms with Crippen LogP contribution in [0.3, 0.4) is 0 Å². The van der Waals surface area contributed by atoms with Crippen molar-refractivity contribution in [3.05, 3.63) is 12.2 Å². The lowest BCUT2D eigenvalue weighted by molar-refractivity contribution is -0.116. The Balaban J connectivity index is 2.91. The van der Waals surface area contributed by atoms with Crippen molar-refractivity contribution in [2.45, 2.75) is 103 Å². The van der Waals surface area contributed by atoms with E-state index in [9.17, 15) is 4.79 Å². The van der Waals surface area contributed by atoms with Crippen LogP contribution in [0.5, 0.6) is 0 Å². The number of hydrogen-bond acceptors (Lipinski definition) is 3. The Morgan fingerprint density at radius 1 is 0.917 bits per heavy atom. The topological polar surface area (TPSA) is 35.5 Å². The van der Waals surface area contributed by atoms with Crippen LogP contribution in [-0.4, -0.2) is 34.6 Å². The van der Waals surface area contributed by atoms with E-state index in [0.717, 1.165) is 6.42 Å². The van der Waals surface area contributed by atoms with Crippen molar-refractivity contribution >= 4 is 22.4 Å². The second-order valence-corrected chi connectivity index (χ2v) is 19.7. The van der Waals surface area contributed by atoms with Crippen LogP contribution >= 0.6 is 0 Å². The molecule has 0 aromatic rings. The minimum absolute atomic E-state index is 0.0212. The molecule has 5 heteroatoms. The van der Waals surface area contributed by atoms with Gasteiger partial charge in [0.05, 0.1) is 12.2 Å². The van der Waals surface area contributed by atoms with Gasteiger partial charge in [-0.1, -0.05) is 47.6 Å². The quantitative estimate of drug-likeness (QED) is 0.597. The third kappa shape index (κ3) is 5.65. The highest BCUT2D eigenvalue weighted by atomic mass is 28.4. The highest BCUT2D eigenvalue weighted by Gasteiger charge is 2.42. The number of carbonyl (C=O) groups excluding carboxylic acids is 1. The molecule has 0 saturated heterocycles. The molecule has 0 N–H and O–H groups in total. The predicted molar refractivity (Wildman–Crippen MR) is 108 cm³/mol. The molecule has 0 aliphatic heterocycles. The minimum Gasteiger partial charge on any atom is -0.413 e. The first kappa shape index (κ1) is 21.8. The van der Waals surface area contributed by atoms with Gasteiger partial charge in [0.25, 0.3) is 0 Å². The van der Waals surface area contributed by atoms with Gasteiger partial charge in [0.2, 0.25) is 0 Å². The summed E-state index contributed by atoms with van der Waals surface area (Å²) in [7, 11) is -3.76. The van der Waals surface area contributed by atoms with Crippen molar-refractivity contribution in [3.63, 3.8) is 0 Å². The number of ketones is 1. The number of carbonyl (C=O) groups is 1. The molecule has 2 atom stereocenters. The predicted octanol–water partition coefficient (Wildman–Crippen LogP) is 5.69. The Kier molecular flexibility index (Phi) is 6.52. The van der Waals surface area contributed by atoms with Crippen molar-refractivity contribution in [2.75, 3.05) is 0 Å². The van der Waals surface area contributed by atoms with Gasteiger partial charge in [-0.2, -0.15) is 0 Å². The molecule has 0 spiro atoms. The summed E-state index contributed by atoms with van der Waals surface area (Å²) < 4.78 is 13.1. The van der Waals surface area contributed by atoms with Gasteiger partial charge in [0, 0.05) is 12.8 Å². The molecule has 0 aromatic carbocycles. The molecule has 0 saturated carbocycles. The van der Waals surface area contributed by atoms with Crippen LogP contribution in [0.15, 0.2) is 12.2 Å². The highest BCUT2D eigenvalue weighted by Crippen LogP contribution is 2.40. The van der Waals surface area contributed by atoms with Crippen LogP contribution in [0.1, 0.15) is 54.4 Å². The first-order valence-electron chi connectivity index (χ1n) is 9.12. The van der Waals surface area contributed by atoms with E-state index in [1.165, 1.54) is 0 Å². The van der Waals surface area contributed by atoms with Gasteiger partial charge in [0.15, 0.2) is 22.4 Å². The maximum atomic E-state index is 12.1. The molecule has 0 radical (unpaired) electrons. The fourth-order valence-electron chi connectivity index (χ4n) is 2.25. The van der Waals surface area contributed by atoms with E-state index in [1.807, 2.05) is 6.08 Å². The summed E-state index contributed by atoms with van der Waals surface area (Å²) in [5.41, 5.74) is 0. The van der Waals surface area contributed by atoms with Gasteiger partial charge >= 0.3 is 0 Å². The summed E-state index contributed by atoms with van der Waals surface area (Å²) in [5, 5.41) is 0.304. The Labute approximate surface area is 151 Å². The summed E-state index contributed by atoms with van der Waals surface area (Å²) in [6, 6.07) is 0. The lowest BCUT2D eigenvalue weighted by Gasteiger charge is -2.41. The van der Waals surface area contributed by atoms with Crippen molar-refractivity contribution in [3.8, 4) is 0 Å². The van der Waals surface area contributed by atoms with Gasteiger partial charge in [-0.15, -0.1) is 0 Å². The third-order valence-corrected chi connectivity index (χ3v) is 15.0. The number of allylic oxidation sites excluding steroid dienone is 1. The molecule has 0 aromatic heterocycles. The Bertz CT molecular complexity index is 482. The van der Waals surface area contributed by atoms with E-state index in [-0.39, 0.29) is 28.1 Å². The van der Waals surface area contributed by atoms with Crippen LogP contribution in [0.25, 0.3) is 0 Å². The molecule has 0 unspecified atom stereocenters. The first-order valence-corrected chi connectivity index (χ1v) is 14.9. The van der Waals surface area contributed by atoms with E-state index in [2.05, 4.69) is 67.7 Å². The molecule has 0 bridgehead atoms. The average Bonchev–Trinajstić information content (AvgIpc) is 2.47. The zero-order valence-corrected chi connectivity index (χ0v) is 19.4. The molecule has 1 aliphatic carbocycles. The summed E-state index contributed by atoms with van der Waals surface area (Å²) in [6.45, 7) is 22.5. The Hall–Kier alpha value is -0.236. The standard InChI is InChI=1S/C19H38O3Si2/c1-18(2,3)23(7,8)21-16-12-11-15(20)13-17(14-16)22-24(9,10)19(4,5)6/h11-12,16-17H,13-14H2,1-10H3/t16-,17+/m0/s1. The van der Waals surface area contributed by atoms with E-state index < -0.39 is 16.6 Å². The molecule has 0 heterocycles. The van der Waals surface area contributed by atoms with Gasteiger partial charge < -0.3 is 8.85 Å². The number of rotatable bonds is 4. The zero-order valence-electron chi connectivity index (χ0n) is 17.4. The van der Waals surface area contributed by atoms with Crippen LogP contribution in [0.4, 0.5) is 0 Å². The second kappa shape index (κ2) is 7.18. The van der Waals surface area contributed by atoms with Crippen LogP contribution in [0.2, 0.25) is 36.3 Å². The molecular formula is C19H38O3Si2. The van der Waals surface area contributed by atoms with Crippen molar-refractivity contribution in [2.24, 2.45) is 0 Å². The zero-order chi connectivity index (χ0) is 19.0. The van der Waals surface area contributed by atoms with Gasteiger partial charge in [-0.3, -0.25) is 4.79 Å². The van der Waals surface area contributed by atoms with E-state index in [4.69, 9.17) is 8.85 Å². The molecule has 0 fully saturated rings. The van der Waals surface area contributed by atoms with E-state index in [1.54, 1.807) is 6.08 Å². The summed E-state index contributed by atoms with van der Waals surface area (Å²) in [6.07, 6.45) is 4.85. The molecular weight excluding hydrogens is 332 g/mol. The molecule has 1 rings (SSSR count). The Morgan fingerprint density at radius 3 is 1.83 bits per heavy atom. The SMILES string of the molecule is CC(C)(C)[Si](C)(C)O[C@@H]1CC(=O)C=C[C@H](O[Si](C)(C)C(C)(C)C)C1. The molecule has 140 valence electrons. The Morgan fingerprint density at radius 2 is 1.38 bits per heavy atom. The van der Waals surface area contributed by atoms with E-state index in [0.29, 0.717) is 6.42 Å². The van der Waals surface area contributed by atoms with Crippen molar-refractivity contribution < 1.29 is 13.6 Å². The summed E-state index contributed by atoms with van der Waals surface area (Å²) in [4.78, 5) is 12.1. The fourth-order valence-corrected chi connectivity index (χ4v) is 4.91. The maximum Gasteiger partial charge on any atom is 0.192 e. The molecule has 0 amide bonds. The molecule has 24 heavy (non-hydrogen) atoms. The van der Waals surface area contributed by atoms with Crippen LogP contribution < -0.4 is 0 Å². The van der Waals surface area contributed by atoms with Gasteiger partial charge in [0.1, 0.15) is 0 Å². The van der Waals surface area contributed by atoms with Gasteiger partial charge in [-0.05, 0) is 42.3 Å². The molecule has 3 nitrogen and oxygen atoms in total. The van der Waals surface area contributed by atoms with Crippen LogP contribution in [-0.2, 0) is 13.6 Å². The minimum atomic E-state index is -1.89. The average molecular weight is 371 g/mol. The van der Waals surface area contributed by atoms with E-state index >= 15 is 0 Å². The monoisotopic (exact) mass is 370 g/mol. The summed E-state index contributed by atoms with van der Waals surface area (Å²) >= 11 is 0. The summed E-state index contributed by atoms with van der Waals surface area (Å²) in [5.74, 6) is 0.153. The van der Waals surface area contributed by atoms with Gasteiger partial charge in [-0.25, -0.2) is 0 Å². The van der Waals surface area contributed by atoms with Crippen molar-refractivity contribution in [1.29, 1.82) is 0 Å². The third-order valence-electron chi connectivity index (χ3n) is 5.94. The molecule has 1 aliphatic rings. The van der Waals surface area contributed by atoms with Crippen molar-refractivity contribution in [1.82, 2.24) is 0 Å². The lowest BCUT2D eigenvalue weighted by Crippen LogP contribution is -2.46. The first-order chi connectivity index (χ1) is 10.6.